The molecule has 0 saturated heterocycles. The fourth-order valence-electron chi connectivity index (χ4n) is 2.87. The maximum atomic E-state index is 12.2. The van der Waals surface area contributed by atoms with E-state index in [1.807, 2.05) is 35.7 Å². The lowest BCUT2D eigenvalue weighted by Crippen LogP contribution is -2.35. The number of aromatic nitrogens is 3. The molecule has 0 aliphatic carbocycles. The number of hydrogen-bond donors (Lipinski definition) is 1. The van der Waals surface area contributed by atoms with Gasteiger partial charge in [-0.2, -0.15) is 10.1 Å². The summed E-state index contributed by atoms with van der Waals surface area (Å²) in [5.41, 5.74) is 3.97. The van der Waals surface area contributed by atoms with Crippen molar-refractivity contribution < 1.29 is 4.79 Å². The third-order valence-electron chi connectivity index (χ3n) is 4.37. The third-order valence-corrected chi connectivity index (χ3v) is 5.64. The van der Waals surface area contributed by atoms with Crippen LogP contribution in [0.5, 0.6) is 0 Å². The van der Waals surface area contributed by atoms with Crippen molar-refractivity contribution in [2.75, 3.05) is 25.0 Å². The molecule has 0 radical (unpaired) electrons. The Labute approximate surface area is 164 Å². The molecule has 2 heterocycles. The first kappa shape index (κ1) is 19.4. The number of hydrogen-bond acceptors (Lipinski definition) is 5. The molecule has 27 heavy (non-hydrogen) atoms. The molecule has 0 saturated carbocycles. The molecular weight excluding hydrogens is 358 g/mol. The van der Waals surface area contributed by atoms with Gasteiger partial charge in [0.05, 0.1) is 22.6 Å². The van der Waals surface area contributed by atoms with Gasteiger partial charge >= 0.3 is 0 Å². The Kier molecular flexibility index (Phi) is 5.79. The van der Waals surface area contributed by atoms with Gasteiger partial charge in [0.2, 0.25) is 5.91 Å². The lowest BCUT2D eigenvalue weighted by molar-refractivity contribution is -0.119. The number of thiazole rings is 1. The summed E-state index contributed by atoms with van der Waals surface area (Å²) in [4.78, 5) is 18.8. The number of benzene rings is 1. The summed E-state index contributed by atoms with van der Waals surface area (Å²) in [6, 6.07) is 8.21. The molecule has 0 spiro atoms. The molecule has 0 atom stereocenters. The molecule has 0 fully saturated rings. The summed E-state index contributed by atoms with van der Waals surface area (Å²) >= 11 is 1.57. The normalized spacial score (nSPS) is 11.3. The molecule has 2 aromatic heterocycles. The van der Waals surface area contributed by atoms with Crippen LogP contribution >= 0.6 is 11.3 Å². The molecule has 7 heteroatoms. The van der Waals surface area contributed by atoms with Crippen molar-refractivity contribution in [1.29, 1.82) is 0 Å². The standard InChI is InChI=1S/C20H27N5OS/c1-13(2)9-10-21-17(26)12-24(5)20-22-19-18(27-20)15(4)23-25(19)16-8-6-7-14(3)11-16/h6-8,11,13H,9-10,12H2,1-5H3,(H,21,26). The highest BCUT2D eigenvalue weighted by Crippen LogP contribution is 2.32. The van der Waals surface area contributed by atoms with E-state index in [1.54, 1.807) is 11.3 Å². The lowest BCUT2D eigenvalue weighted by Gasteiger charge is -2.15. The number of nitrogens with one attached hydrogen (secondary N) is 1. The molecule has 6 nitrogen and oxygen atoms in total. The van der Waals surface area contributed by atoms with Crippen LogP contribution in [0.25, 0.3) is 16.0 Å². The largest absolute Gasteiger partial charge is 0.355 e. The average Bonchev–Trinajstić information content (AvgIpc) is 3.15. The van der Waals surface area contributed by atoms with Crippen molar-refractivity contribution >= 4 is 32.7 Å². The zero-order valence-electron chi connectivity index (χ0n) is 16.6. The summed E-state index contributed by atoms with van der Waals surface area (Å²) in [5.74, 6) is 0.606. The van der Waals surface area contributed by atoms with Crippen LogP contribution in [-0.2, 0) is 4.79 Å². The van der Waals surface area contributed by atoms with Gasteiger partial charge in [0.1, 0.15) is 0 Å². The Morgan fingerprint density at radius 3 is 2.81 bits per heavy atom. The van der Waals surface area contributed by atoms with Crippen LogP contribution in [0.4, 0.5) is 5.13 Å². The van der Waals surface area contributed by atoms with Crippen LogP contribution in [-0.4, -0.2) is 40.8 Å². The van der Waals surface area contributed by atoms with Crippen molar-refractivity contribution in [3.8, 4) is 5.69 Å². The van der Waals surface area contributed by atoms with Crippen LogP contribution in [0, 0.1) is 19.8 Å². The van der Waals surface area contributed by atoms with E-state index in [0.29, 0.717) is 19.0 Å². The molecule has 3 aromatic rings. The van der Waals surface area contributed by atoms with Crippen LogP contribution < -0.4 is 10.2 Å². The predicted molar refractivity (Wildman–Crippen MR) is 112 cm³/mol. The molecule has 1 N–H and O–H groups in total. The number of rotatable bonds is 7. The molecule has 3 rings (SSSR count). The van der Waals surface area contributed by atoms with Crippen molar-refractivity contribution in [2.45, 2.75) is 34.1 Å². The highest BCUT2D eigenvalue weighted by Gasteiger charge is 2.18. The van der Waals surface area contributed by atoms with Gasteiger partial charge in [0.15, 0.2) is 10.8 Å². The molecule has 0 bridgehead atoms. The highest BCUT2D eigenvalue weighted by atomic mass is 32.1. The maximum absolute atomic E-state index is 12.2. The van der Waals surface area contributed by atoms with E-state index < -0.39 is 0 Å². The van der Waals surface area contributed by atoms with Gasteiger partial charge in [-0.15, -0.1) is 0 Å². The number of aryl methyl sites for hydroxylation is 2. The van der Waals surface area contributed by atoms with Crippen LogP contribution in [0.1, 0.15) is 31.5 Å². The van der Waals surface area contributed by atoms with Gasteiger partial charge in [-0.1, -0.05) is 37.3 Å². The summed E-state index contributed by atoms with van der Waals surface area (Å²) in [5, 5.41) is 8.45. The first-order valence-electron chi connectivity index (χ1n) is 9.26. The monoisotopic (exact) mass is 385 g/mol. The quantitative estimate of drug-likeness (QED) is 0.674. The minimum absolute atomic E-state index is 0.0226. The number of nitrogens with zero attached hydrogens (tertiary/aromatic N) is 4. The number of amides is 1. The number of fused-ring (bicyclic) bond motifs is 1. The molecule has 1 amide bonds. The predicted octanol–water partition coefficient (Wildman–Crippen LogP) is 3.70. The second-order valence-corrected chi connectivity index (χ2v) is 8.35. The average molecular weight is 386 g/mol. The fourth-order valence-corrected chi connectivity index (χ4v) is 3.81. The van der Waals surface area contributed by atoms with Crippen LogP contribution in [0.15, 0.2) is 24.3 Å². The molecular formula is C20H27N5OS. The van der Waals surface area contributed by atoms with Crippen molar-refractivity contribution in [2.24, 2.45) is 5.92 Å². The Morgan fingerprint density at radius 1 is 1.33 bits per heavy atom. The number of carbonyl (C=O) groups is 1. The first-order valence-corrected chi connectivity index (χ1v) is 10.1. The second kappa shape index (κ2) is 8.08. The van der Waals surface area contributed by atoms with Gasteiger partial charge in [0.25, 0.3) is 0 Å². The molecule has 0 aliphatic heterocycles. The van der Waals surface area contributed by atoms with Crippen LogP contribution in [0.3, 0.4) is 0 Å². The van der Waals surface area contributed by atoms with Crippen molar-refractivity contribution in [1.82, 2.24) is 20.1 Å². The van der Waals surface area contributed by atoms with Crippen molar-refractivity contribution in [3.05, 3.63) is 35.5 Å². The Hall–Kier alpha value is -2.41. The Balaban J connectivity index is 1.78. The number of carbonyl (C=O) groups excluding carboxylic acids is 1. The smallest absolute Gasteiger partial charge is 0.239 e. The fraction of sp³-hybridized carbons (Fsp3) is 0.450. The zero-order valence-corrected chi connectivity index (χ0v) is 17.4. The van der Waals surface area contributed by atoms with E-state index in [0.717, 1.165) is 33.3 Å². The third kappa shape index (κ3) is 4.47. The van der Waals surface area contributed by atoms with Gasteiger partial charge in [-0.3, -0.25) is 4.79 Å². The van der Waals surface area contributed by atoms with E-state index in [9.17, 15) is 4.79 Å². The summed E-state index contributed by atoms with van der Waals surface area (Å²) in [7, 11) is 1.90. The minimum atomic E-state index is 0.0226. The van der Waals surface area contributed by atoms with E-state index in [1.165, 1.54) is 5.56 Å². The second-order valence-electron chi connectivity index (χ2n) is 7.37. The highest BCUT2D eigenvalue weighted by molar-refractivity contribution is 7.22. The van der Waals surface area contributed by atoms with Crippen molar-refractivity contribution in [3.63, 3.8) is 0 Å². The summed E-state index contributed by atoms with van der Waals surface area (Å²) < 4.78 is 2.94. The van der Waals surface area contributed by atoms with Crippen LogP contribution in [0.2, 0.25) is 0 Å². The van der Waals surface area contributed by atoms with Gasteiger partial charge in [-0.05, 0) is 43.9 Å². The number of likely N-dealkylation sites (N-methyl/N-ethyl adjacent to an activating group) is 1. The summed E-state index contributed by atoms with van der Waals surface area (Å²) in [6.07, 6.45) is 0.988. The van der Waals surface area contributed by atoms with Gasteiger partial charge in [-0.25, -0.2) is 4.68 Å². The molecule has 1 aromatic carbocycles. The van der Waals surface area contributed by atoms with E-state index in [4.69, 9.17) is 4.98 Å². The molecule has 144 valence electrons. The topological polar surface area (TPSA) is 63.1 Å². The minimum Gasteiger partial charge on any atom is -0.355 e. The van der Waals surface area contributed by atoms with E-state index >= 15 is 0 Å². The first-order chi connectivity index (χ1) is 12.8. The number of anilines is 1. The maximum Gasteiger partial charge on any atom is 0.239 e. The van der Waals surface area contributed by atoms with Gasteiger partial charge in [0, 0.05) is 13.6 Å². The molecule has 0 aliphatic rings. The Bertz CT molecular complexity index is 943. The summed E-state index contributed by atoms with van der Waals surface area (Å²) in [6.45, 7) is 9.37. The Morgan fingerprint density at radius 2 is 2.11 bits per heavy atom. The van der Waals surface area contributed by atoms with E-state index in [2.05, 4.69) is 43.3 Å². The van der Waals surface area contributed by atoms with Gasteiger partial charge < -0.3 is 10.2 Å². The molecule has 0 unspecified atom stereocenters. The zero-order chi connectivity index (χ0) is 19.6. The SMILES string of the molecule is Cc1cccc(-n2nc(C)c3sc(N(C)CC(=O)NCCC(C)C)nc32)c1. The van der Waals surface area contributed by atoms with E-state index in [-0.39, 0.29) is 5.91 Å². The lowest BCUT2D eigenvalue weighted by atomic mass is 10.1.